The average Bonchev–Trinajstić information content (AvgIpc) is 3.02. The van der Waals surface area contributed by atoms with E-state index in [0.717, 1.165) is 51.4 Å². The number of unbranched alkanes of at least 4 members (excludes halogenated alkanes) is 22. The summed E-state index contributed by atoms with van der Waals surface area (Å²) in [5.41, 5.74) is 0. The molecule has 1 atom stereocenters. The van der Waals surface area contributed by atoms with Crippen molar-refractivity contribution in [3.05, 3.63) is 24.3 Å². The van der Waals surface area contributed by atoms with Crippen molar-refractivity contribution in [2.45, 2.75) is 200 Å². The molecule has 0 aliphatic carbocycles. The molecule has 0 aliphatic rings. The van der Waals surface area contributed by atoms with Crippen LogP contribution in [0.3, 0.4) is 0 Å². The van der Waals surface area contributed by atoms with Crippen LogP contribution in [0.15, 0.2) is 24.3 Å². The highest BCUT2D eigenvalue weighted by Gasteiger charge is 2.16. The molecule has 0 saturated carbocycles. The second kappa shape index (κ2) is 35.9. The van der Waals surface area contributed by atoms with Gasteiger partial charge in [0, 0.05) is 12.8 Å². The molecule has 5 heteroatoms. The lowest BCUT2D eigenvalue weighted by Gasteiger charge is -2.15. The maximum Gasteiger partial charge on any atom is 0.306 e. The lowest BCUT2D eigenvalue weighted by molar-refractivity contribution is -0.161. The number of hydrogen-bond acceptors (Lipinski definition) is 5. The van der Waals surface area contributed by atoms with E-state index in [1.54, 1.807) is 0 Å². The average molecular weight is 625 g/mol. The predicted molar refractivity (Wildman–Crippen MR) is 187 cm³/mol. The molecule has 0 amide bonds. The second-order valence-corrected chi connectivity index (χ2v) is 12.6. The molecule has 0 aromatic carbocycles. The van der Waals surface area contributed by atoms with Crippen LogP contribution >= 0.6 is 0 Å². The van der Waals surface area contributed by atoms with E-state index in [4.69, 9.17) is 9.47 Å². The lowest BCUT2D eigenvalue weighted by atomic mass is 10.1. The van der Waals surface area contributed by atoms with E-state index in [1.807, 2.05) is 0 Å². The minimum Gasteiger partial charge on any atom is -0.462 e. The molecule has 0 saturated heterocycles. The van der Waals surface area contributed by atoms with Crippen LogP contribution in [0.25, 0.3) is 0 Å². The maximum atomic E-state index is 12.1. The van der Waals surface area contributed by atoms with Gasteiger partial charge >= 0.3 is 11.9 Å². The molecule has 1 N–H and O–H groups in total. The van der Waals surface area contributed by atoms with E-state index in [0.29, 0.717) is 12.8 Å². The largest absolute Gasteiger partial charge is 0.462 e. The molecule has 0 bridgehead atoms. The van der Waals surface area contributed by atoms with Gasteiger partial charge in [0.25, 0.3) is 0 Å². The molecule has 1 unspecified atom stereocenters. The molecule has 44 heavy (non-hydrogen) atoms. The summed E-state index contributed by atoms with van der Waals surface area (Å²) in [6.07, 6.45) is 40.9. The number of carbonyl (C=O) groups excluding carboxylic acids is 2. The minimum atomic E-state index is -0.774. The van der Waals surface area contributed by atoms with Crippen molar-refractivity contribution in [1.82, 2.24) is 0 Å². The minimum absolute atomic E-state index is 0.0709. The summed E-state index contributed by atoms with van der Waals surface area (Å²) >= 11 is 0. The van der Waals surface area contributed by atoms with Crippen LogP contribution in [0, 0.1) is 0 Å². The normalized spacial score (nSPS) is 12.3. The van der Waals surface area contributed by atoms with Crippen LogP contribution in [0.2, 0.25) is 0 Å². The fourth-order valence-electron chi connectivity index (χ4n) is 5.31. The van der Waals surface area contributed by atoms with Crippen LogP contribution in [0.5, 0.6) is 0 Å². The summed E-state index contributed by atoms with van der Waals surface area (Å²) in [5.74, 6) is -0.607. The van der Waals surface area contributed by atoms with E-state index in [-0.39, 0.29) is 25.2 Å². The molecular formula is C39H72O5. The highest BCUT2D eigenvalue weighted by Crippen LogP contribution is 2.12. The summed E-state index contributed by atoms with van der Waals surface area (Å²) in [6.45, 7) is 4.11. The Hall–Kier alpha value is -1.62. The Morgan fingerprint density at radius 2 is 0.841 bits per heavy atom. The van der Waals surface area contributed by atoms with Crippen molar-refractivity contribution in [1.29, 1.82) is 0 Å². The Labute approximate surface area is 273 Å². The molecule has 0 aromatic rings. The van der Waals surface area contributed by atoms with E-state index in [1.165, 1.54) is 116 Å². The van der Waals surface area contributed by atoms with Gasteiger partial charge in [0.05, 0.1) is 6.61 Å². The van der Waals surface area contributed by atoms with E-state index < -0.39 is 6.10 Å². The van der Waals surface area contributed by atoms with Crippen molar-refractivity contribution in [3.63, 3.8) is 0 Å². The topological polar surface area (TPSA) is 72.8 Å². The monoisotopic (exact) mass is 625 g/mol. The number of rotatable bonds is 34. The third kappa shape index (κ3) is 33.3. The number of allylic oxidation sites excluding steroid dienone is 4. The summed E-state index contributed by atoms with van der Waals surface area (Å²) in [7, 11) is 0. The first-order chi connectivity index (χ1) is 21.6. The van der Waals surface area contributed by atoms with Crippen LogP contribution in [0.1, 0.15) is 194 Å². The third-order valence-electron chi connectivity index (χ3n) is 8.22. The molecule has 0 heterocycles. The molecule has 0 aromatic heterocycles. The Morgan fingerprint density at radius 3 is 1.23 bits per heavy atom. The second-order valence-electron chi connectivity index (χ2n) is 12.6. The smallest absolute Gasteiger partial charge is 0.306 e. The summed E-state index contributed by atoms with van der Waals surface area (Å²) in [4.78, 5) is 24.2. The molecule has 258 valence electrons. The molecule has 0 fully saturated rings. The molecule has 0 rings (SSSR count). The standard InChI is InChI=1S/C39H72O5/c1-3-5-7-9-11-13-15-17-19-21-23-25-27-29-31-33-38(41)43-36-37(35-40)44-39(42)34-32-30-28-26-24-22-20-18-16-14-12-10-8-6-4-2/h17-20,37,40H,3-16,21-36H2,1-2H3/i38+2,39+2. The Balaban J connectivity index is 3.58. The molecule has 5 nitrogen and oxygen atoms in total. The van der Waals surface area contributed by atoms with Crippen molar-refractivity contribution < 1.29 is 24.2 Å². The molecular weight excluding hydrogens is 552 g/mol. The van der Waals surface area contributed by atoms with Gasteiger partial charge in [0.1, 0.15) is 6.61 Å². The zero-order valence-corrected chi connectivity index (χ0v) is 29.2. The van der Waals surface area contributed by atoms with Crippen LogP contribution in [-0.2, 0) is 19.1 Å². The van der Waals surface area contributed by atoms with Gasteiger partial charge in [-0.25, -0.2) is 0 Å². The fraction of sp³-hybridized carbons (Fsp3) is 0.846. The zero-order chi connectivity index (χ0) is 32.2. The van der Waals surface area contributed by atoms with Crippen molar-refractivity contribution in [3.8, 4) is 0 Å². The van der Waals surface area contributed by atoms with Gasteiger partial charge < -0.3 is 14.6 Å². The van der Waals surface area contributed by atoms with E-state index >= 15 is 0 Å². The van der Waals surface area contributed by atoms with Crippen molar-refractivity contribution in [2.24, 2.45) is 0 Å². The first kappa shape index (κ1) is 42.4. The Bertz CT molecular complexity index is 671. The Morgan fingerprint density at radius 1 is 0.500 bits per heavy atom. The number of hydrogen-bond donors (Lipinski definition) is 1. The van der Waals surface area contributed by atoms with Crippen LogP contribution in [-0.4, -0.2) is 36.4 Å². The van der Waals surface area contributed by atoms with Gasteiger partial charge in [0.15, 0.2) is 6.10 Å². The van der Waals surface area contributed by atoms with Gasteiger partial charge in [-0.3, -0.25) is 9.59 Å². The summed E-state index contributed by atoms with van der Waals surface area (Å²) < 4.78 is 10.6. The highest BCUT2D eigenvalue weighted by molar-refractivity contribution is 5.70. The predicted octanol–water partition coefficient (Wildman–Crippen LogP) is 11.5. The van der Waals surface area contributed by atoms with Crippen molar-refractivity contribution >= 4 is 11.9 Å². The first-order valence-electron chi connectivity index (χ1n) is 18.9. The highest BCUT2D eigenvalue weighted by atomic mass is 16.8. The van der Waals surface area contributed by atoms with Gasteiger partial charge in [-0.15, -0.1) is 0 Å². The van der Waals surface area contributed by atoms with Crippen LogP contribution < -0.4 is 0 Å². The number of esters is 2. The fourth-order valence-corrected chi connectivity index (χ4v) is 5.31. The Kier molecular flexibility index (Phi) is 34.5. The maximum absolute atomic E-state index is 12.1. The van der Waals surface area contributed by atoms with Gasteiger partial charge in [-0.05, 0) is 64.2 Å². The lowest BCUT2D eigenvalue weighted by Crippen LogP contribution is -2.28. The van der Waals surface area contributed by atoms with Crippen LogP contribution in [0.4, 0.5) is 0 Å². The van der Waals surface area contributed by atoms with Gasteiger partial charge in [-0.1, -0.05) is 141 Å². The summed E-state index contributed by atoms with van der Waals surface area (Å²) in [5, 5.41) is 9.53. The number of aliphatic hydroxyl groups is 1. The quantitative estimate of drug-likeness (QED) is 0.0438. The SMILES string of the molecule is CCCCCCCCC=CCCCCCCC[14C](=O)OCC(CO)O[14C](=O)CCCCCCCC=CCCCCCCCC. The third-order valence-corrected chi connectivity index (χ3v) is 8.22. The number of carbonyl (C=O) groups is 2. The first-order valence-corrected chi connectivity index (χ1v) is 18.9. The van der Waals surface area contributed by atoms with E-state index in [2.05, 4.69) is 38.2 Å². The molecule has 0 radical (unpaired) electrons. The number of aliphatic hydroxyl groups excluding tert-OH is 1. The summed E-state index contributed by atoms with van der Waals surface area (Å²) in [6, 6.07) is 0. The van der Waals surface area contributed by atoms with Gasteiger partial charge in [-0.2, -0.15) is 0 Å². The molecule has 0 aliphatic heterocycles. The van der Waals surface area contributed by atoms with E-state index in [9.17, 15) is 14.7 Å². The van der Waals surface area contributed by atoms with Gasteiger partial charge in [0.2, 0.25) is 0 Å². The zero-order valence-electron chi connectivity index (χ0n) is 29.2. The molecule has 0 spiro atoms. The number of ether oxygens (including phenoxy) is 2. The van der Waals surface area contributed by atoms with Crippen molar-refractivity contribution in [2.75, 3.05) is 13.2 Å².